The molecular weight excluding hydrogens is 170 g/mol. The maximum atomic E-state index is 10.3. The fourth-order valence-corrected chi connectivity index (χ4v) is 1.35. The Bertz CT molecular complexity index is 375. The molecule has 0 aromatic carbocycles. The van der Waals surface area contributed by atoms with Crippen molar-refractivity contribution in [2.45, 2.75) is 6.42 Å². The number of thiophene rings is 1. The van der Waals surface area contributed by atoms with E-state index in [1.807, 2.05) is 6.07 Å². The number of hydrogen-bond donors (Lipinski definition) is 0. The van der Waals surface area contributed by atoms with E-state index in [0.29, 0.717) is 4.88 Å². The number of nitrogens with zero attached hydrogens (tertiary/aromatic N) is 1. The second-order valence-corrected chi connectivity index (χ2v) is 3.07. The van der Waals surface area contributed by atoms with Crippen LogP contribution in [-0.2, 0) is 0 Å². The van der Waals surface area contributed by atoms with Gasteiger partial charge in [-0.1, -0.05) is 11.8 Å². The summed E-state index contributed by atoms with van der Waals surface area (Å²) in [4.78, 5) is 11.7. The molecule has 0 saturated heterocycles. The molecule has 0 aliphatic carbocycles. The highest BCUT2D eigenvalue weighted by Gasteiger charge is 1.93. The van der Waals surface area contributed by atoms with Gasteiger partial charge in [0.05, 0.1) is 22.2 Å². The van der Waals surface area contributed by atoms with E-state index in [4.69, 9.17) is 5.26 Å². The summed E-state index contributed by atoms with van der Waals surface area (Å²) in [6, 6.07) is 5.41. The number of hydrogen-bond acceptors (Lipinski definition) is 3. The van der Waals surface area contributed by atoms with Gasteiger partial charge >= 0.3 is 0 Å². The Labute approximate surface area is 74.4 Å². The highest BCUT2D eigenvalue weighted by atomic mass is 32.1. The molecule has 58 valence electrons. The Morgan fingerprint density at radius 3 is 3.00 bits per heavy atom. The first-order valence-electron chi connectivity index (χ1n) is 3.27. The van der Waals surface area contributed by atoms with Crippen LogP contribution in [0.25, 0.3) is 0 Å². The summed E-state index contributed by atoms with van der Waals surface area (Å²) in [5.74, 6) is 5.46. The smallest absolute Gasteiger partial charge is 0.160 e. The number of carbonyl (C=O) groups is 1. The molecule has 1 rings (SSSR count). The van der Waals surface area contributed by atoms with E-state index in [1.54, 1.807) is 12.1 Å². The number of rotatable bonds is 1. The molecule has 12 heavy (non-hydrogen) atoms. The zero-order chi connectivity index (χ0) is 8.81. The summed E-state index contributed by atoms with van der Waals surface area (Å²) in [7, 11) is 0. The number of carbonyl (C=O) groups excluding carboxylic acids is 1. The zero-order valence-corrected chi connectivity index (χ0v) is 7.02. The van der Waals surface area contributed by atoms with Crippen LogP contribution in [0, 0.1) is 23.2 Å². The van der Waals surface area contributed by atoms with Gasteiger partial charge < -0.3 is 0 Å². The standard InChI is InChI=1S/C9H5NOS/c10-6-2-1-3-8-4-5-9(7-11)12-8/h4-5,7H,2H2. The third-order valence-corrected chi connectivity index (χ3v) is 2.05. The summed E-state index contributed by atoms with van der Waals surface area (Å²) in [6.45, 7) is 0. The highest BCUT2D eigenvalue weighted by Crippen LogP contribution is 2.12. The Balaban J connectivity index is 2.73. The third kappa shape index (κ3) is 2.23. The Morgan fingerprint density at radius 2 is 2.42 bits per heavy atom. The second-order valence-electron chi connectivity index (χ2n) is 1.96. The summed E-state index contributed by atoms with van der Waals surface area (Å²) in [5.41, 5.74) is 0. The van der Waals surface area contributed by atoms with Gasteiger partial charge in [0.2, 0.25) is 0 Å². The Morgan fingerprint density at radius 1 is 1.58 bits per heavy atom. The average molecular weight is 175 g/mol. The normalized spacial score (nSPS) is 7.92. The van der Waals surface area contributed by atoms with Gasteiger partial charge in [-0.05, 0) is 12.1 Å². The first kappa shape index (κ1) is 8.52. The molecule has 0 spiro atoms. The molecule has 1 aromatic rings. The van der Waals surface area contributed by atoms with Crippen LogP contribution in [0.3, 0.4) is 0 Å². The first-order valence-corrected chi connectivity index (χ1v) is 4.09. The Hall–Kier alpha value is -1.58. The highest BCUT2D eigenvalue weighted by molar-refractivity contribution is 7.14. The second kappa shape index (κ2) is 4.33. The van der Waals surface area contributed by atoms with Crippen molar-refractivity contribution in [2.75, 3.05) is 0 Å². The van der Waals surface area contributed by atoms with E-state index >= 15 is 0 Å². The first-order chi connectivity index (χ1) is 5.86. The van der Waals surface area contributed by atoms with Gasteiger partial charge in [0, 0.05) is 0 Å². The summed E-state index contributed by atoms with van der Waals surface area (Å²) in [6.07, 6.45) is 1.02. The molecule has 0 aliphatic heterocycles. The van der Waals surface area contributed by atoms with Gasteiger partial charge in [-0.15, -0.1) is 11.3 Å². The molecule has 0 radical (unpaired) electrons. The van der Waals surface area contributed by atoms with Crippen LogP contribution in [0.5, 0.6) is 0 Å². The lowest BCUT2D eigenvalue weighted by molar-refractivity contribution is 0.112. The minimum absolute atomic E-state index is 0.230. The van der Waals surface area contributed by atoms with E-state index in [1.165, 1.54) is 11.3 Å². The number of nitriles is 1. The zero-order valence-electron chi connectivity index (χ0n) is 6.20. The van der Waals surface area contributed by atoms with Crippen LogP contribution in [0.2, 0.25) is 0 Å². The van der Waals surface area contributed by atoms with Crippen molar-refractivity contribution < 1.29 is 4.79 Å². The maximum Gasteiger partial charge on any atom is 0.160 e. The monoisotopic (exact) mass is 175 g/mol. The summed E-state index contributed by atoms with van der Waals surface area (Å²) in [5, 5.41) is 8.19. The molecular formula is C9H5NOS. The molecule has 0 unspecified atom stereocenters. The molecule has 0 fully saturated rings. The lowest BCUT2D eigenvalue weighted by Crippen LogP contribution is -1.63. The largest absolute Gasteiger partial charge is 0.297 e. The van der Waals surface area contributed by atoms with Crippen molar-refractivity contribution in [3.8, 4) is 17.9 Å². The minimum Gasteiger partial charge on any atom is -0.297 e. The topological polar surface area (TPSA) is 40.9 Å². The van der Waals surface area contributed by atoms with Crippen LogP contribution in [-0.4, -0.2) is 6.29 Å². The quantitative estimate of drug-likeness (QED) is 0.482. The van der Waals surface area contributed by atoms with E-state index in [0.717, 1.165) is 11.2 Å². The van der Waals surface area contributed by atoms with Crippen LogP contribution in [0.1, 0.15) is 21.0 Å². The van der Waals surface area contributed by atoms with Crippen molar-refractivity contribution in [2.24, 2.45) is 0 Å². The molecule has 0 N–H and O–H groups in total. The molecule has 1 aromatic heterocycles. The van der Waals surface area contributed by atoms with Crippen molar-refractivity contribution in [1.82, 2.24) is 0 Å². The van der Waals surface area contributed by atoms with Crippen molar-refractivity contribution in [1.29, 1.82) is 5.26 Å². The SMILES string of the molecule is N#CCC#Cc1ccc(C=O)s1. The molecule has 1 heterocycles. The molecule has 2 nitrogen and oxygen atoms in total. The average Bonchev–Trinajstić information content (AvgIpc) is 2.53. The maximum absolute atomic E-state index is 10.3. The third-order valence-electron chi connectivity index (χ3n) is 1.12. The molecule has 3 heteroatoms. The summed E-state index contributed by atoms with van der Waals surface area (Å²) < 4.78 is 0. The molecule has 0 atom stereocenters. The van der Waals surface area contributed by atoms with Crippen LogP contribution >= 0.6 is 11.3 Å². The number of aldehydes is 1. The Kier molecular flexibility index (Phi) is 3.07. The fraction of sp³-hybridized carbons (Fsp3) is 0.111. The summed E-state index contributed by atoms with van der Waals surface area (Å²) >= 11 is 1.33. The van der Waals surface area contributed by atoms with Gasteiger partial charge in [0.1, 0.15) is 0 Å². The van der Waals surface area contributed by atoms with Crippen LogP contribution < -0.4 is 0 Å². The van der Waals surface area contributed by atoms with Gasteiger partial charge in [0.25, 0.3) is 0 Å². The van der Waals surface area contributed by atoms with Crippen molar-refractivity contribution in [3.05, 3.63) is 21.9 Å². The lowest BCUT2D eigenvalue weighted by atomic mass is 10.4. The predicted octanol–water partition coefficient (Wildman–Crippen LogP) is 1.83. The van der Waals surface area contributed by atoms with Crippen LogP contribution in [0.4, 0.5) is 0 Å². The van der Waals surface area contributed by atoms with Crippen LogP contribution in [0.15, 0.2) is 12.1 Å². The minimum atomic E-state index is 0.230. The van der Waals surface area contributed by atoms with E-state index in [9.17, 15) is 4.79 Å². The molecule has 0 bridgehead atoms. The van der Waals surface area contributed by atoms with Gasteiger partial charge in [-0.3, -0.25) is 4.79 Å². The predicted molar refractivity (Wildman–Crippen MR) is 46.8 cm³/mol. The van der Waals surface area contributed by atoms with Crippen molar-refractivity contribution in [3.63, 3.8) is 0 Å². The fourth-order valence-electron chi connectivity index (χ4n) is 0.654. The van der Waals surface area contributed by atoms with Crippen molar-refractivity contribution >= 4 is 17.6 Å². The van der Waals surface area contributed by atoms with E-state index < -0.39 is 0 Å². The lowest BCUT2D eigenvalue weighted by Gasteiger charge is -1.74. The van der Waals surface area contributed by atoms with Gasteiger partial charge in [0.15, 0.2) is 6.29 Å². The van der Waals surface area contributed by atoms with E-state index in [-0.39, 0.29) is 6.42 Å². The molecule has 0 amide bonds. The molecule has 0 saturated carbocycles. The van der Waals surface area contributed by atoms with Gasteiger partial charge in [-0.2, -0.15) is 5.26 Å². The van der Waals surface area contributed by atoms with E-state index in [2.05, 4.69) is 11.8 Å². The molecule has 0 aliphatic rings. The van der Waals surface area contributed by atoms with Gasteiger partial charge in [-0.25, -0.2) is 0 Å².